The first-order valence-corrected chi connectivity index (χ1v) is 7.72. The van der Waals surface area contributed by atoms with Gasteiger partial charge in [0.1, 0.15) is 5.82 Å². The van der Waals surface area contributed by atoms with Crippen molar-refractivity contribution in [3.8, 4) is 11.5 Å². The molecule has 0 aliphatic rings. The van der Waals surface area contributed by atoms with Crippen molar-refractivity contribution in [3.63, 3.8) is 0 Å². The minimum atomic E-state index is 0.562. The molecule has 0 radical (unpaired) electrons. The third-order valence-electron chi connectivity index (χ3n) is 3.39. The van der Waals surface area contributed by atoms with Crippen molar-refractivity contribution >= 4 is 23.1 Å². The quantitative estimate of drug-likeness (QED) is 0.794. The van der Waals surface area contributed by atoms with Crippen LogP contribution in [0.3, 0.4) is 0 Å². The summed E-state index contributed by atoms with van der Waals surface area (Å²) in [5.41, 5.74) is 2.20. The van der Waals surface area contributed by atoms with Crippen LogP contribution in [-0.4, -0.2) is 30.9 Å². The topological polar surface area (TPSA) is 55.4 Å². The molecule has 0 unspecified atom stereocenters. The van der Waals surface area contributed by atoms with Crippen molar-refractivity contribution in [2.75, 3.05) is 26.1 Å². The molecule has 0 fully saturated rings. The third kappa shape index (κ3) is 4.82. The molecule has 0 aliphatic carbocycles. The van der Waals surface area contributed by atoms with E-state index in [1.165, 1.54) is 0 Å². The molecule has 1 aromatic heterocycles. The Bertz CT molecular complexity index is 677. The molecule has 0 atom stereocenters. The third-order valence-corrected chi connectivity index (χ3v) is 3.63. The molecule has 0 aliphatic heterocycles. The lowest BCUT2D eigenvalue weighted by atomic mass is 10.1. The lowest BCUT2D eigenvalue weighted by molar-refractivity contribution is 0.354. The van der Waals surface area contributed by atoms with Crippen molar-refractivity contribution in [3.05, 3.63) is 47.7 Å². The first-order valence-electron chi connectivity index (χ1n) is 7.31. The van der Waals surface area contributed by atoms with E-state index in [0.29, 0.717) is 11.7 Å². The van der Waals surface area contributed by atoms with Gasteiger partial charge in [0.15, 0.2) is 16.6 Å². The molecule has 0 saturated carbocycles. The predicted molar refractivity (Wildman–Crippen MR) is 96.4 cm³/mol. The van der Waals surface area contributed by atoms with Gasteiger partial charge in [-0.3, -0.25) is 0 Å². The first-order chi connectivity index (χ1) is 11.1. The molecule has 23 heavy (non-hydrogen) atoms. The molecule has 6 heteroatoms. The summed E-state index contributed by atoms with van der Waals surface area (Å²) in [4.78, 5) is 4.26. The van der Waals surface area contributed by atoms with Crippen molar-refractivity contribution in [1.29, 1.82) is 0 Å². The Hall–Kier alpha value is -2.34. The zero-order chi connectivity index (χ0) is 16.7. The number of nitrogens with one attached hydrogen (secondary N) is 2. The van der Waals surface area contributed by atoms with Gasteiger partial charge in [0.05, 0.1) is 14.2 Å². The average Bonchev–Trinajstić information content (AvgIpc) is 2.56. The number of hydrogen-bond donors (Lipinski definition) is 2. The second-order valence-electron chi connectivity index (χ2n) is 4.99. The monoisotopic (exact) mass is 331 g/mol. The van der Waals surface area contributed by atoms with Crippen LogP contribution in [0.1, 0.15) is 11.1 Å². The van der Waals surface area contributed by atoms with Gasteiger partial charge in [0, 0.05) is 12.7 Å². The summed E-state index contributed by atoms with van der Waals surface area (Å²) < 4.78 is 10.5. The number of rotatable bonds is 6. The Morgan fingerprint density at radius 1 is 1.17 bits per heavy atom. The molecule has 1 aromatic carbocycles. The molecular formula is C17H21N3O2S. The Labute approximate surface area is 142 Å². The van der Waals surface area contributed by atoms with Gasteiger partial charge in [-0.2, -0.15) is 0 Å². The van der Waals surface area contributed by atoms with E-state index in [-0.39, 0.29) is 0 Å². The maximum atomic E-state index is 5.30. The van der Waals surface area contributed by atoms with Crippen LogP contribution in [0.15, 0.2) is 36.5 Å². The van der Waals surface area contributed by atoms with Gasteiger partial charge in [-0.15, -0.1) is 0 Å². The summed E-state index contributed by atoms with van der Waals surface area (Å²) in [6.45, 7) is 2.70. The molecule has 0 saturated heterocycles. The highest BCUT2D eigenvalue weighted by Gasteiger charge is 2.05. The number of aromatic nitrogens is 1. The van der Waals surface area contributed by atoms with Crippen LogP contribution in [0.2, 0.25) is 0 Å². The average molecular weight is 331 g/mol. The Kier molecular flexibility index (Phi) is 6.17. The number of benzene rings is 1. The zero-order valence-electron chi connectivity index (χ0n) is 13.6. The maximum Gasteiger partial charge on any atom is 0.171 e. The smallest absolute Gasteiger partial charge is 0.171 e. The maximum absolute atomic E-state index is 5.30. The van der Waals surface area contributed by atoms with Crippen LogP contribution in [-0.2, 0) is 6.42 Å². The van der Waals surface area contributed by atoms with Gasteiger partial charge in [-0.1, -0.05) is 12.1 Å². The van der Waals surface area contributed by atoms with Gasteiger partial charge in [-0.25, -0.2) is 4.98 Å². The Morgan fingerprint density at radius 3 is 2.65 bits per heavy atom. The zero-order valence-corrected chi connectivity index (χ0v) is 14.4. The number of aryl methyl sites for hydroxylation is 1. The van der Waals surface area contributed by atoms with Gasteiger partial charge < -0.3 is 20.1 Å². The largest absolute Gasteiger partial charge is 0.493 e. The van der Waals surface area contributed by atoms with Crippen LogP contribution in [0, 0.1) is 6.92 Å². The number of methoxy groups -OCH3 is 2. The molecule has 122 valence electrons. The van der Waals surface area contributed by atoms with Crippen molar-refractivity contribution in [2.45, 2.75) is 13.3 Å². The van der Waals surface area contributed by atoms with E-state index in [9.17, 15) is 0 Å². The van der Waals surface area contributed by atoms with E-state index in [1.807, 2.05) is 37.3 Å². The number of hydrogen-bond acceptors (Lipinski definition) is 4. The number of anilines is 1. The molecular weight excluding hydrogens is 310 g/mol. The molecule has 0 spiro atoms. The highest BCUT2D eigenvalue weighted by Crippen LogP contribution is 2.27. The van der Waals surface area contributed by atoms with Gasteiger partial charge in [-0.05, 0) is 54.9 Å². The fraction of sp³-hybridized carbons (Fsp3) is 0.294. The molecule has 2 N–H and O–H groups in total. The summed E-state index contributed by atoms with van der Waals surface area (Å²) in [5.74, 6) is 2.23. The summed E-state index contributed by atoms with van der Waals surface area (Å²) in [5, 5.41) is 6.85. The molecule has 5 nitrogen and oxygen atoms in total. The minimum absolute atomic E-state index is 0.562. The predicted octanol–water partition coefficient (Wildman–Crippen LogP) is 2.94. The van der Waals surface area contributed by atoms with Crippen LogP contribution < -0.4 is 20.1 Å². The number of nitrogens with zero attached hydrogens (tertiary/aromatic N) is 1. The molecule has 2 aromatic rings. The summed E-state index contributed by atoms with van der Waals surface area (Å²) in [7, 11) is 3.26. The SMILES string of the molecule is COc1ccc(CCNC(=S)Nc2ncccc2C)cc1OC. The number of ether oxygens (including phenoxy) is 2. The van der Waals surface area contributed by atoms with E-state index < -0.39 is 0 Å². The normalized spacial score (nSPS) is 10.0. The lowest BCUT2D eigenvalue weighted by Gasteiger charge is -2.12. The summed E-state index contributed by atoms with van der Waals surface area (Å²) >= 11 is 5.29. The van der Waals surface area contributed by atoms with E-state index >= 15 is 0 Å². The molecule has 0 bridgehead atoms. The Morgan fingerprint density at radius 2 is 1.96 bits per heavy atom. The highest BCUT2D eigenvalue weighted by atomic mass is 32.1. The van der Waals surface area contributed by atoms with Crippen LogP contribution in [0.25, 0.3) is 0 Å². The summed E-state index contributed by atoms with van der Waals surface area (Å²) in [6, 6.07) is 9.78. The molecule has 2 rings (SSSR count). The van der Waals surface area contributed by atoms with Crippen LogP contribution >= 0.6 is 12.2 Å². The minimum Gasteiger partial charge on any atom is -0.493 e. The van der Waals surface area contributed by atoms with Crippen molar-refractivity contribution in [2.24, 2.45) is 0 Å². The molecule has 0 amide bonds. The Balaban J connectivity index is 1.85. The summed E-state index contributed by atoms with van der Waals surface area (Å²) in [6.07, 6.45) is 2.56. The highest BCUT2D eigenvalue weighted by molar-refractivity contribution is 7.80. The van der Waals surface area contributed by atoms with Crippen molar-refractivity contribution in [1.82, 2.24) is 10.3 Å². The van der Waals surface area contributed by atoms with Crippen molar-refractivity contribution < 1.29 is 9.47 Å². The number of pyridine rings is 1. The van der Waals surface area contributed by atoms with E-state index in [0.717, 1.165) is 34.9 Å². The van der Waals surface area contributed by atoms with E-state index in [4.69, 9.17) is 21.7 Å². The first kappa shape index (κ1) is 17.0. The standard InChI is InChI=1S/C17H21N3O2S/c1-12-5-4-9-18-16(12)20-17(23)19-10-8-13-6-7-14(21-2)15(11-13)22-3/h4-7,9,11H,8,10H2,1-3H3,(H2,18,19,20,23). The fourth-order valence-corrected chi connectivity index (χ4v) is 2.32. The van der Waals surface area contributed by atoms with Gasteiger partial charge >= 0.3 is 0 Å². The number of thiocarbonyl (C=S) groups is 1. The van der Waals surface area contributed by atoms with Gasteiger partial charge in [0.2, 0.25) is 0 Å². The van der Waals surface area contributed by atoms with Gasteiger partial charge in [0.25, 0.3) is 0 Å². The van der Waals surface area contributed by atoms with E-state index in [1.54, 1.807) is 20.4 Å². The van der Waals surface area contributed by atoms with Crippen LogP contribution in [0.5, 0.6) is 11.5 Å². The fourth-order valence-electron chi connectivity index (χ4n) is 2.12. The second kappa shape index (κ2) is 8.33. The van der Waals surface area contributed by atoms with Crippen LogP contribution in [0.4, 0.5) is 5.82 Å². The van der Waals surface area contributed by atoms with E-state index in [2.05, 4.69) is 15.6 Å². The second-order valence-corrected chi connectivity index (χ2v) is 5.40. The molecule has 1 heterocycles. The lowest BCUT2D eigenvalue weighted by Crippen LogP contribution is -2.30.